The molecule has 13 heavy (non-hydrogen) atoms. The van der Waals surface area contributed by atoms with Gasteiger partial charge in [-0.25, -0.2) is 0 Å². The summed E-state index contributed by atoms with van der Waals surface area (Å²) in [5.74, 6) is 0.00318. The Balaban J connectivity index is 2.45. The van der Waals surface area contributed by atoms with Gasteiger partial charge in [-0.2, -0.15) is 0 Å². The van der Waals surface area contributed by atoms with Gasteiger partial charge in [0.15, 0.2) is 0 Å². The predicted molar refractivity (Wildman–Crippen MR) is 51.2 cm³/mol. The second kappa shape index (κ2) is 4.60. The number of rotatable bonds is 3. The van der Waals surface area contributed by atoms with E-state index in [-0.39, 0.29) is 11.9 Å². The van der Waals surface area contributed by atoms with Crippen LogP contribution in [0.1, 0.15) is 19.5 Å². The summed E-state index contributed by atoms with van der Waals surface area (Å²) in [4.78, 5) is 14.9. The molecule has 0 saturated heterocycles. The van der Waals surface area contributed by atoms with Crippen LogP contribution >= 0.6 is 0 Å². The average Bonchev–Trinajstić information content (AvgIpc) is 2.04. The van der Waals surface area contributed by atoms with Crippen molar-refractivity contribution in [3.63, 3.8) is 0 Å². The van der Waals surface area contributed by atoms with Gasteiger partial charge < -0.3 is 5.32 Å². The number of hydrogen-bond donors (Lipinski definition) is 1. The first-order valence-electron chi connectivity index (χ1n) is 4.35. The summed E-state index contributed by atoms with van der Waals surface area (Å²) in [6, 6.07) is 5.93. The molecule has 0 aromatic carbocycles. The van der Waals surface area contributed by atoms with Crippen LogP contribution in [0.15, 0.2) is 24.4 Å². The summed E-state index contributed by atoms with van der Waals surface area (Å²) >= 11 is 0. The quantitative estimate of drug-likeness (QED) is 0.754. The van der Waals surface area contributed by atoms with Crippen LogP contribution in [0, 0.1) is 0 Å². The second-order valence-corrected chi connectivity index (χ2v) is 3.13. The molecular formula is C10H14N2O. The van der Waals surface area contributed by atoms with Crippen LogP contribution in [0.2, 0.25) is 0 Å². The molecule has 1 unspecified atom stereocenters. The molecule has 0 radical (unpaired) electrons. The van der Waals surface area contributed by atoms with E-state index in [4.69, 9.17) is 0 Å². The lowest BCUT2D eigenvalue weighted by atomic mass is 10.1. The van der Waals surface area contributed by atoms with Crippen molar-refractivity contribution in [2.75, 3.05) is 0 Å². The Morgan fingerprint density at radius 1 is 1.62 bits per heavy atom. The average molecular weight is 178 g/mol. The molecule has 3 nitrogen and oxygen atoms in total. The van der Waals surface area contributed by atoms with E-state index >= 15 is 0 Å². The Bertz CT molecular complexity index is 272. The highest BCUT2D eigenvalue weighted by molar-refractivity contribution is 5.73. The van der Waals surface area contributed by atoms with Crippen LogP contribution in [0.4, 0.5) is 0 Å². The molecule has 0 saturated carbocycles. The summed E-state index contributed by atoms with van der Waals surface area (Å²) in [5, 5.41) is 2.81. The molecule has 0 bridgehead atoms. The highest BCUT2D eigenvalue weighted by Gasteiger charge is 2.04. The van der Waals surface area contributed by atoms with Crippen LogP contribution in [-0.4, -0.2) is 16.9 Å². The number of carbonyl (C=O) groups excluding carboxylic acids is 1. The summed E-state index contributed by atoms with van der Waals surface area (Å²) in [5.41, 5.74) is 1.00. The summed E-state index contributed by atoms with van der Waals surface area (Å²) in [7, 11) is 0. The molecule has 0 spiro atoms. The standard InChI is InChI=1S/C10H14N2O/c1-8(12-9(2)13)7-10-5-3-4-6-11-10/h3-6,8H,7H2,1-2H3,(H,12,13). The van der Waals surface area contributed by atoms with Gasteiger partial charge in [-0.05, 0) is 19.1 Å². The van der Waals surface area contributed by atoms with Gasteiger partial charge in [0.2, 0.25) is 5.91 Å². The Morgan fingerprint density at radius 3 is 2.92 bits per heavy atom. The minimum absolute atomic E-state index is 0.00318. The molecule has 1 heterocycles. The Labute approximate surface area is 78.2 Å². The molecule has 1 aromatic heterocycles. The van der Waals surface area contributed by atoms with Gasteiger partial charge in [-0.3, -0.25) is 9.78 Å². The van der Waals surface area contributed by atoms with E-state index in [1.807, 2.05) is 25.1 Å². The molecule has 3 heteroatoms. The summed E-state index contributed by atoms with van der Waals surface area (Å²) in [6.07, 6.45) is 2.54. The van der Waals surface area contributed by atoms with Gasteiger partial charge in [-0.1, -0.05) is 6.07 Å². The molecule has 0 aliphatic carbocycles. The minimum atomic E-state index is 0.00318. The first kappa shape index (κ1) is 9.71. The predicted octanol–water partition coefficient (Wildman–Crippen LogP) is 1.15. The first-order valence-corrected chi connectivity index (χ1v) is 4.35. The number of nitrogens with zero attached hydrogens (tertiary/aromatic N) is 1. The Hall–Kier alpha value is -1.38. The maximum atomic E-state index is 10.7. The van der Waals surface area contributed by atoms with E-state index in [0.717, 1.165) is 12.1 Å². The van der Waals surface area contributed by atoms with Crippen LogP contribution in [0.3, 0.4) is 0 Å². The van der Waals surface area contributed by atoms with Gasteiger partial charge in [0.05, 0.1) is 0 Å². The van der Waals surface area contributed by atoms with Gasteiger partial charge in [0, 0.05) is 31.3 Å². The van der Waals surface area contributed by atoms with Crippen LogP contribution in [0.5, 0.6) is 0 Å². The van der Waals surface area contributed by atoms with E-state index < -0.39 is 0 Å². The molecule has 70 valence electrons. The van der Waals surface area contributed by atoms with Crippen molar-refractivity contribution in [1.29, 1.82) is 0 Å². The van der Waals surface area contributed by atoms with E-state index in [1.54, 1.807) is 6.20 Å². The number of nitrogens with one attached hydrogen (secondary N) is 1. The largest absolute Gasteiger partial charge is 0.354 e. The SMILES string of the molecule is CC(=O)NC(C)Cc1ccccn1. The van der Waals surface area contributed by atoms with Gasteiger partial charge in [0.1, 0.15) is 0 Å². The fraction of sp³-hybridized carbons (Fsp3) is 0.400. The van der Waals surface area contributed by atoms with Crippen molar-refractivity contribution in [3.05, 3.63) is 30.1 Å². The Kier molecular flexibility index (Phi) is 3.43. The van der Waals surface area contributed by atoms with Gasteiger partial charge in [-0.15, -0.1) is 0 Å². The van der Waals surface area contributed by atoms with E-state index in [0.29, 0.717) is 0 Å². The van der Waals surface area contributed by atoms with Crippen LogP contribution in [0.25, 0.3) is 0 Å². The first-order chi connectivity index (χ1) is 6.18. The molecule has 0 aliphatic heterocycles. The lowest BCUT2D eigenvalue weighted by molar-refractivity contribution is -0.119. The second-order valence-electron chi connectivity index (χ2n) is 3.13. The van der Waals surface area contributed by atoms with E-state index in [2.05, 4.69) is 10.3 Å². The van der Waals surface area contributed by atoms with Crippen molar-refractivity contribution >= 4 is 5.91 Å². The summed E-state index contributed by atoms with van der Waals surface area (Å²) < 4.78 is 0. The van der Waals surface area contributed by atoms with Crippen molar-refractivity contribution < 1.29 is 4.79 Å². The molecule has 1 amide bonds. The maximum Gasteiger partial charge on any atom is 0.217 e. The molecule has 1 atom stereocenters. The monoisotopic (exact) mass is 178 g/mol. The van der Waals surface area contributed by atoms with Crippen LogP contribution < -0.4 is 5.32 Å². The van der Waals surface area contributed by atoms with Crippen molar-refractivity contribution in [3.8, 4) is 0 Å². The molecule has 0 aliphatic rings. The van der Waals surface area contributed by atoms with E-state index in [9.17, 15) is 4.79 Å². The van der Waals surface area contributed by atoms with Gasteiger partial charge >= 0.3 is 0 Å². The number of carbonyl (C=O) groups is 1. The third-order valence-electron chi connectivity index (χ3n) is 1.69. The summed E-state index contributed by atoms with van der Waals surface area (Å²) in [6.45, 7) is 3.49. The van der Waals surface area contributed by atoms with Crippen molar-refractivity contribution in [2.24, 2.45) is 0 Å². The lowest BCUT2D eigenvalue weighted by Crippen LogP contribution is -2.32. The maximum absolute atomic E-state index is 10.7. The fourth-order valence-electron chi connectivity index (χ4n) is 1.23. The highest BCUT2D eigenvalue weighted by Crippen LogP contribution is 1.98. The lowest BCUT2D eigenvalue weighted by Gasteiger charge is -2.10. The third-order valence-corrected chi connectivity index (χ3v) is 1.69. The van der Waals surface area contributed by atoms with E-state index in [1.165, 1.54) is 6.92 Å². The third kappa shape index (κ3) is 3.69. The fourth-order valence-corrected chi connectivity index (χ4v) is 1.23. The zero-order chi connectivity index (χ0) is 9.68. The highest BCUT2D eigenvalue weighted by atomic mass is 16.1. The zero-order valence-corrected chi connectivity index (χ0v) is 7.95. The number of amides is 1. The molecule has 1 N–H and O–H groups in total. The number of hydrogen-bond acceptors (Lipinski definition) is 2. The van der Waals surface area contributed by atoms with Crippen molar-refractivity contribution in [1.82, 2.24) is 10.3 Å². The molecule has 0 fully saturated rings. The molecular weight excluding hydrogens is 164 g/mol. The molecule has 1 aromatic rings. The number of aromatic nitrogens is 1. The Morgan fingerprint density at radius 2 is 2.38 bits per heavy atom. The topological polar surface area (TPSA) is 42.0 Å². The van der Waals surface area contributed by atoms with Crippen LogP contribution in [-0.2, 0) is 11.2 Å². The smallest absolute Gasteiger partial charge is 0.217 e. The van der Waals surface area contributed by atoms with Crippen molar-refractivity contribution in [2.45, 2.75) is 26.3 Å². The minimum Gasteiger partial charge on any atom is -0.354 e. The van der Waals surface area contributed by atoms with Gasteiger partial charge in [0.25, 0.3) is 0 Å². The zero-order valence-electron chi connectivity index (χ0n) is 7.95. The normalized spacial score (nSPS) is 12.2. The molecule has 1 rings (SSSR count). The number of pyridine rings is 1.